The first-order valence-corrected chi connectivity index (χ1v) is 27.5. The van der Waals surface area contributed by atoms with Crippen molar-refractivity contribution in [3.8, 4) is 43.9 Å². The summed E-state index contributed by atoms with van der Waals surface area (Å²) in [6.45, 7) is 5.28. The summed E-state index contributed by atoms with van der Waals surface area (Å²) in [5.41, 5.74) is -0.776. The molecule has 0 aromatic carbocycles. The molecule has 2 fully saturated rings. The van der Waals surface area contributed by atoms with E-state index in [-0.39, 0.29) is 69.8 Å². The number of hydrogen-bond acceptors (Lipinski definition) is 18. The van der Waals surface area contributed by atoms with Gasteiger partial charge in [-0.2, -0.15) is 29.2 Å². The highest BCUT2D eigenvalue weighted by molar-refractivity contribution is 7.13. The van der Waals surface area contributed by atoms with E-state index in [0.717, 1.165) is 86.8 Å². The lowest BCUT2D eigenvalue weighted by atomic mass is 9.93. The maximum atomic E-state index is 14.6. The molecule has 8 aromatic heterocycles. The van der Waals surface area contributed by atoms with Gasteiger partial charge in [0.1, 0.15) is 44.2 Å². The largest absolute Gasteiger partial charge is 0.481 e. The van der Waals surface area contributed by atoms with E-state index in [1.165, 1.54) is 22.7 Å². The second kappa shape index (κ2) is 27.4. The maximum absolute atomic E-state index is 14.6. The number of anilines is 2. The Labute approximate surface area is 476 Å². The topological polar surface area (TPSA) is 353 Å². The van der Waals surface area contributed by atoms with Crippen molar-refractivity contribution in [1.82, 2.24) is 59.9 Å². The number of halogens is 4. The number of carboxylic acid groups (broad SMARTS) is 3. The van der Waals surface area contributed by atoms with Crippen LogP contribution in [0.4, 0.5) is 28.9 Å². The van der Waals surface area contributed by atoms with Gasteiger partial charge < -0.3 is 40.5 Å². The van der Waals surface area contributed by atoms with Crippen LogP contribution >= 0.6 is 22.7 Å². The molecular formula is C52H54F4N14O11S2. The van der Waals surface area contributed by atoms with Gasteiger partial charge in [0.25, 0.3) is 11.8 Å². The lowest BCUT2D eigenvalue weighted by Gasteiger charge is -2.28. The zero-order valence-corrected chi connectivity index (χ0v) is 45.8. The molecule has 0 atom stereocenters. The van der Waals surface area contributed by atoms with Gasteiger partial charge in [-0.3, -0.25) is 38.7 Å². The molecule has 0 spiro atoms. The second-order valence-corrected chi connectivity index (χ2v) is 20.6. The molecule has 10 rings (SSSR count). The quantitative estimate of drug-likeness (QED) is 0.0278. The molecule has 0 aliphatic heterocycles. The van der Waals surface area contributed by atoms with Crippen molar-refractivity contribution < 1.29 is 71.4 Å². The molecule has 83 heavy (non-hydrogen) atoms. The molecule has 0 unspecified atom stereocenters. The van der Waals surface area contributed by atoms with E-state index in [0.29, 0.717) is 23.2 Å². The molecule has 8 aromatic rings. The number of amides is 2. The number of pyridine rings is 2. The predicted octanol–water partition coefficient (Wildman–Crippen LogP) is 8.44. The Balaban J connectivity index is 0.000000180. The minimum absolute atomic E-state index is 0.0414. The van der Waals surface area contributed by atoms with Crippen LogP contribution in [0.15, 0.2) is 72.2 Å². The molecule has 8 heterocycles. The Morgan fingerprint density at radius 3 is 1.35 bits per heavy atom. The Morgan fingerprint density at radius 2 is 1.01 bits per heavy atom. The van der Waals surface area contributed by atoms with Crippen LogP contribution in [0, 0.1) is 23.5 Å². The van der Waals surface area contributed by atoms with E-state index in [4.69, 9.17) is 29.9 Å². The van der Waals surface area contributed by atoms with Crippen LogP contribution in [0.2, 0.25) is 0 Å². The van der Waals surface area contributed by atoms with Gasteiger partial charge in [-0.15, -0.1) is 22.7 Å². The molecule has 2 aliphatic carbocycles. The first-order valence-electron chi connectivity index (χ1n) is 25.8. The number of aromatic amines is 2. The highest BCUT2D eigenvalue weighted by Gasteiger charge is 2.41. The number of carbonyl (C=O) groups excluding carboxylic acids is 2. The summed E-state index contributed by atoms with van der Waals surface area (Å²) >= 11 is 2.59. The van der Waals surface area contributed by atoms with Crippen LogP contribution in [0.3, 0.4) is 0 Å². The van der Waals surface area contributed by atoms with E-state index >= 15 is 0 Å². The monoisotopic (exact) mass is 1190 g/mol. The first kappa shape index (κ1) is 60.4. The SMILES string of the molecule is CCOC1CCC(n2cc(NC(=O)c3csc(-c4cn[nH]c4)n3)c(-c3nc(F)ccc3F)n2)CC1.CCOC1CCC(n2cc(NC(=O)c3csc(-c4cn[nH]c4)n3)c(-c3nc(F)ccc3F)n2)CC1.O=C(O)CC(O)(CC(=O)O)C(=O)O. The number of H-pyrrole nitrogens is 2. The van der Waals surface area contributed by atoms with Crippen LogP contribution in [-0.4, -0.2) is 141 Å². The summed E-state index contributed by atoms with van der Waals surface area (Å²) in [5, 5.41) is 66.1. The summed E-state index contributed by atoms with van der Waals surface area (Å²) in [7, 11) is 0. The average molecular weight is 1190 g/mol. The van der Waals surface area contributed by atoms with Crippen LogP contribution in [0.5, 0.6) is 0 Å². The number of rotatable bonds is 19. The van der Waals surface area contributed by atoms with Gasteiger partial charge in [0.2, 0.25) is 11.9 Å². The van der Waals surface area contributed by atoms with Gasteiger partial charge in [-0.05, 0) is 89.5 Å². The third-order valence-corrected chi connectivity index (χ3v) is 14.9. The van der Waals surface area contributed by atoms with Crippen molar-refractivity contribution in [3.05, 3.63) is 107 Å². The highest BCUT2D eigenvalue weighted by atomic mass is 32.1. The third-order valence-electron chi connectivity index (χ3n) is 13.1. The van der Waals surface area contributed by atoms with Crippen molar-refractivity contribution in [2.24, 2.45) is 0 Å². The van der Waals surface area contributed by atoms with Gasteiger partial charge in [0.15, 0.2) is 17.2 Å². The number of aliphatic carboxylic acids is 3. The van der Waals surface area contributed by atoms with Crippen molar-refractivity contribution >= 4 is 63.8 Å². The predicted molar refractivity (Wildman–Crippen MR) is 289 cm³/mol. The average Bonchev–Trinajstić information content (AvgIpc) is 3.83. The van der Waals surface area contributed by atoms with Crippen molar-refractivity contribution in [1.29, 1.82) is 0 Å². The zero-order valence-electron chi connectivity index (χ0n) is 44.2. The number of nitrogens with zero attached hydrogens (tertiary/aromatic N) is 10. The molecule has 2 amide bonds. The molecular weight excluding hydrogens is 1140 g/mol. The summed E-state index contributed by atoms with van der Waals surface area (Å²) in [4.78, 5) is 72.6. The Hall–Kier alpha value is -8.65. The Bertz CT molecular complexity index is 3300. The van der Waals surface area contributed by atoms with Crippen LogP contribution in [0.25, 0.3) is 43.9 Å². The lowest BCUT2D eigenvalue weighted by molar-refractivity contribution is -0.170. The smallest absolute Gasteiger partial charge is 0.336 e. The van der Waals surface area contributed by atoms with E-state index in [2.05, 4.69) is 61.2 Å². The Morgan fingerprint density at radius 1 is 0.614 bits per heavy atom. The zero-order chi connectivity index (χ0) is 59.4. The minimum Gasteiger partial charge on any atom is -0.481 e. The van der Waals surface area contributed by atoms with E-state index < -0.39 is 71.7 Å². The van der Waals surface area contributed by atoms with E-state index in [9.17, 15) is 41.5 Å². The summed E-state index contributed by atoms with van der Waals surface area (Å²) in [6.07, 6.45) is 14.8. The van der Waals surface area contributed by atoms with E-state index in [1.807, 2.05) is 13.8 Å². The molecule has 0 bridgehead atoms. The molecule has 8 N–H and O–H groups in total. The molecule has 31 heteroatoms. The van der Waals surface area contributed by atoms with Gasteiger partial charge in [0, 0.05) is 59.9 Å². The van der Waals surface area contributed by atoms with Crippen LogP contribution in [0.1, 0.15) is 111 Å². The molecule has 2 saturated carbocycles. The molecule has 0 radical (unpaired) electrons. The number of thiazole rings is 2. The summed E-state index contributed by atoms with van der Waals surface area (Å²) in [6, 6.07) is 3.95. The van der Waals surface area contributed by atoms with Crippen molar-refractivity contribution in [2.75, 3.05) is 23.8 Å². The van der Waals surface area contributed by atoms with Crippen molar-refractivity contribution in [2.45, 2.75) is 108 Å². The molecule has 438 valence electrons. The van der Waals surface area contributed by atoms with Crippen LogP contribution in [-0.2, 0) is 23.9 Å². The van der Waals surface area contributed by atoms with Gasteiger partial charge in [0.05, 0.1) is 60.9 Å². The summed E-state index contributed by atoms with van der Waals surface area (Å²) in [5.74, 6) is -9.15. The fraction of sp³-hybridized carbons (Fsp3) is 0.365. The standard InChI is InChI=1S/2C23H23F2N7O2S.C6H8O7/c2*1-2-34-15-5-3-14(4-6-15)32-11-17(21(31-32)20-16(24)7-8-19(25)30-20)28-22(33)18-12-35-23(29-18)13-9-26-27-10-13;7-3(8)1-6(13,5(11)12)2-4(9)10/h2*7-12,14-15H,2-6H2,1H3,(H,26,27)(H,28,33);13H,1-2H2,(H,7,8)(H,9,10)(H,11,12). The number of aliphatic hydroxyl groups is 1. The number of aromatic nitrogens is 12. The van der Waals surface area contributed by atoms with Gasteiger partial charge in [-0.1, -0.05) is 0 Å². The van der Waals surface area contributed by atoms with Crippen LogP contribution < -0.4 is 10.6 Å². The fourth-order valence-electron chi connectivity index (χ4n) is 9.13. The summed E-state index contributed by atoms with van der Waals surface area (Å²) < 4.78 is 71.8. The normalized spacial score (nSPS) is 16.9. The Kier molecular flexibility index (Phi) is 20.0. The van der Waals surface area contributed by atoms with Crippen molar-refractivity contribution in [3.63, 3.8) is 0 Å². The molecule has 25 nitrogen and oxygen atoms in total. The first-order chi connectivity index (χ1) is 39.8. The maximum Gasteiger partial charge on any atom is 0.336 e. The number of nitrogens with one attached hydrogen (secondary N) is 4. The van der Waals surface area contributed by atoms with Gasteiger partial charge >= 0.3 is 17.9 Å². The number of carbonyl (C=O) groups is 5. The second-order valence-electron chi connectivity index (χ2n) is 18.9. The minimum atomic E-state index is -2.74. The highest BCUT2D eigenvalue weighted by Crippen LogP contribution is 2.37. The van der Waals surface area contributed by atoms with E-state index in [1.54, 1.807) is 57.3 Å². The van der Waals surface area contributed by atoms with Gasteiger partial charge in [-0.25, -0.2) is 33.5 Å². The number of ether oxygens (including phenoxy) is 2. The molecule has 0 saturated heterocycles. The lowest BCUT2D eigenvalue weighted by Crippen LogP contribution is -2.42. The fourth-order valence-corrected chi connectivity index (χ4v) is 10.7. The number of hydrogen-bond donors (Lipinski definition) is 8. The molecule has 2 aliphatic rings. The third kappa shape index (κ3) is 15.5. The number of carboxylic acids is 3.